The Morgan fingerprint density at radius 2 is 1.65 bits per heavy atom. The summed E-state index contributed by atoms with van der Waals surface area (Å²) in [6.45, 7) is 3.45. The Balaban J connectivity index is 1.75. The normalized spacial score (nSPS) is 24.1. The van der Waals surface area contributed by atoms with E-state index in [2.05, 4.69) is 5.32 Å². The summed E-state index contributed by atoms with van der Waals surface area (Å²) < 4.78 is 53.9. The number of alkyl halides is 3. The molecule has 2 N–H and O–H groups in total. The minimum Gasteiger partial charge on any atom is -0.509 e. The number of nitrogens with one attached hydrogen (secondary N) is 1. The van der Waals surface area contributed by atoms with Gasteiger partial charge in [0.15, 0.2) is 0 Å². The van der Waals surface area contributed by atoms with Crippen LogP contribution in [-0.4, -0.2) is 22.7 Å². The molecule has 0 saturated heterocycles. The summed E-state index contributed by atoms with van der Waals surface area (Å²) in [5.74, 6) is -2.85. The number of hydrogen-bond acceptors (Lipinski definition) is 2. The van der Waals surface area contributed by atoms with E-state index < -0.39 is 29.4 Å². The third-order valence-electron chi connectivity index (χ3n) is 6.57. The highest BCUT2D eigenvalue weighted by atomic mass is 19.4. The Kier molecular flexibility index (Phi) is 5.10. The van der Waals surface area contributed by atoms with Gasteiger partial charge in [0.05, 0.1) is 17.0 Å². The van der Waals surface area contributed by atoms with E-state index in [4.69, 9.17) is 0 Å². The highest BCUT2D eigenvalue weighted by Crippen LogP contribution is 2.47. The number of benzene rings is 2. The molecule has 7 heteroatoms. The van der Waals surface area contributed by atoms with Crippen molar-refractivity contribution in [1.82, 2.24) is 5.32 Å². The number of aliphatic hydroxyl groups excluding tert-OH is 1. The van der Waals surface area contributed by atoms with Crippen LogP contribution in [0.4, 0.5) is 17.6 Å². The predicted octanol–water partition coefficient (Wildman–Crippen LogP) is 6.00. The quantitative estimate of drug-likeness (QED) is 0.571. The summed E-state index contributed by atoms with van der Waals surface area (Å²) in [5, 5.41) is 13.7. The van der Waals surface area contributed by atoms with Gasteiger partial charge in [-0.1, -0.05) is 29.8 Å². The van der Waals surface area contributed by atoms with E-state index in [9.17, 15) is 27.5 Å². The number of carbonyl (C=O) groups is 1. The van der Waals surface area contributed by atoms with Crippen LogP contribution in [0, 0.1) is 25.6 Å². The monoisotopic (exact) mass is 433 g/mol. The Morgan fingerprint density at radius 1 is 1.03 bits per heavy atom. The maximum Gasteiger partial charge on any atom is 0.391 e. The summed E-state index contributed by atoms with van der Waals surface area (Å²) >= 11 is 0. The van der Waals surface area contributed by atoms with Gasteiger partial charge in [0, 0.05) is 0 Å². The highest BCUT2D eigenvalue weighted by molar-refractivity contribution is 6.23. The van der Waals surface area contributed by atoms with Gasteiger partial charge in [-0.05, 0) is 73.9 Å². The van der Waals surface area contributed by atoms with Crippen molar-refractivity contribution in [1.29, 1.82) is 0 Å². The Hall–Kier alpha value is -2.83. The second-order valence-corrected chi connectivity index (χ2v) is 8.57. The van der Waals surface area contributed by atoms with Gasteiger partial charge in [-0.3, -0.25) is 4.79 Å². The maximum absolute atomic E-state index is 14.8. The van der Waals surface area contributed by atoms with Crippen LogP contribution in [0.25, 0.3) is 16.7 Å². The number of aryl methyl sites for hydroxylation is 1. The van der Waals surface area contributed by atoms with Gasteiger partial charge < -0.3 is 10.4 Å². The molecule has 31 heavy (non-hydrogen) atoms. The van der Waals surface area contributed by atoms with Gasteiger partial charge in [-0.2, -0.15) is 13.2 Å². The van der Waals surface area contributed by atoms with Crippen molar-refractivity contribution < 1.29 is 27.5 Å². The molecular weight excluding hydrogens is 410 g/mol. The van der Waals surface area contributed by atoms with Crippen LogP contribution in [0.2, 0.25) is 0 Å². The molecule has 1 aliphatic carbocycles. The molecule has 3 nitrogen and oxygen atoms in total. The molecule has 1 saturated carbocycles. The summed E-state index contributed by atoms with van der Waals surface area (Å²) in [6, 6.07) is 10.5. The van der Waals surface area contributed by atoms with Gasteiger partial charge in [0.25, 0.3) is 5.91 Å². The highest BCUT2D eigenvalue weighted by Gasteiger charge is 2.52. The third kappa shape index (κ3) is 3.70. The molecule has 0 bridgehead atoms. The van der Waals surface area contributed by atoms with Crippen LogP contribution in [0.15, 0.2) is 42.2 Å². The van der Waals surface area contributed by atoms with E-state index in [1.807, 2.05) is 31.2 Å². The lowest BCUT2D eigenvalue weighted by Crippen LogP contribution is -2.48. The van der Waals surface area contributed by atoms with Crippen molar-refractivity contribution in [2.24, 2.45) is 5.92 Å². The van der Waals surface area contributed by atoms with Crippen molar-refractivity contribution >= 4 is 11.5 Å². The predicted molar refractivity (Wildman–Crippen MR) is 110 cm³/mol. The van der Waals surface area contributed by atoms with E-state index in [-0.39, 0.29) is 48.1 Å². The van der Waals surface area contributed by atoms with Crippen LogP contribution in [0.1, 0.15) is 42.4 Å². The number of carbonyl (C=O) groups excluding carboxylic acids is 1. The fraction of sp³-hybridized carbons (Fsp3) is 0.375. The maximum atomic E-state index is 14.8. The van der Waals surface area contributed by atoms with Crippen LogP contribution >= 0.6 is 0 Å². The third-order valence-corrected chi connectivity index (χ3v) is 6.57. The van der Waals surface area contributed by atoms with E-state index in [1.54, 1.807) is 6.07 Å². The molecule has 1 fully saturated rings. The Bertz CT molecular complexity index is 1060. The van der Waals surface area contributed by atoms with Crippen LogP contribution in [0.5, 0.6) is 0 Å². The first-order valence-corrected chi connectivity index (χ1v) is 10.2. The smallest absolute Gasteiger partial charge is 0.391 e. The number of hydrogen-bond donors (Lipinski definition) is 2. The first kappa shape index (κ1) is 21.4. The van der Waals surface area contributed by atoms with Gasteiger partial charge in [-0.15, -0.1) is 0 Å². The lowest BCUT2D eigenvalue weighted by Gasteiger charge is -2.37. The van der Waals surface area contributed by atoms with Crippen LogP contribution in [-0.2, 0) is 4.79 Å². The molecule has 2 aromatic rings. The minimum absolute atomic E-state index is 0.0164. The molecule has 4 rings (SSSR count). The molecule has 1 spiro atoms. The van der Waals surface area contributed by atoms with Crippen LogP contribution < -0.4 is 5.32 Å². The zero-order valence-corrected chi connectivity index (χ0v) is 17.2. The van der Waals surface area contributed by atoms with Crippen molar-refractivity contribution in [3.63, 3.8) is 0 Å². The zero-order chi connectivity index (χ0) is 22.6. The number of amides is 1. The Labute approximate surface area is 177 Å². The van der Waals surface area contributed by atoms with Crippen molar-refractivity contribution in [2.75, 3.05) is 0 Å². The van der Waals surface area contributed by atoms with E-state index >= 15 is 0 Å². The second-order valence-electron chi connectivity index (χ2n) is 8.57. The largest absolute Gasteiger partial charge is 0.509 e. The van der Waals surface area contributed by atoms with Gasteiger partial charge in [0.2, 0.25) is 0 Å². The molecule has 1 aliphatic heterocycles. The summed E-state index contributed by atoms with van der Waals surface area (Å²) in [5.41, 5.74) is 1.52. The molecular formula is C24H23F4NO2. The summed E-state index contributed by atoms with van der Waals surface area (Å²) in [7, 11) is 0. The van der Waals surface area contributed by atoms with Gasteiger partial charge in [0.1, 0.15) is 11.6 Å². The fourth-order valence-electron chi connectivity index (χ4n) is 4.59. The fourth-order valence-corrected chi connectivity index (χ4v) is 4.59. The SMILES string of the molecule is Cc1ccc(-c2cc(F)c(C)c(C3=C(O)C4(CCC(C(F)(F)F)CC4)NC3=O)c2)cc1. The van der Waals surface area contributed by atoms with Crippen molar-refractivity contribution in [3.05, 3.63) is 64.7 Å². The number of aliphatic hydroxyl groups is 1. The summed E-state index contributed by atoms with van der Waals surface area (Å²) in [4.78, 5) is 12.8. The molecule has 0 aromatic heterocycles. The first-order valence-electron chi connectivity index (χ1n) is 10.2. The average molecular weight is 433 g/mol. The lowest BCUT2D eigenvalue weighted by atomic mass is 9.75. The number of halogens is 4. The summed E-state index contributed by atoms with van der Waals surface area (Å²) in [6.07, 6.45) is -4.70. The topological polar surface area (TPSA) is 49.3 Å². The minimum atomic E-state index is -4.30. The second kappa shape index (κ2) is 7.39. The molecule has 0 atom stereocenters. The molecule has 2 aromatic carbocycles. The molecule has 0 unspecified atom stereocenters. The molecule has 1 heterocycles. The van der Waals surface area contributed by atoms with E-state index in [1.165, 1.54) is 13.0 Å². The number of rotatable bonds is 2. The van der Waals surface area contributed by atoms with E-state index in [0.717, 1.165) is 11.1 Å². The molecule has 0 radical (unpaired) electrons. The lowest BCUT2D eigenvalue weighted by molar-refractivity contribution is -0.184. The molecule has 2 aliphatic rings. The van der Waals surface area contributed by atoms with Gasteiger partial charge >= 0.3 is 6.18 Å². The van der Waals surface area contributed by atoms with Crippen molar-refractivity contribution in [3.8, 4) is 11.1 Å². The van der Waals surface area contributed by atoms with Crippen molar-refractivity contribution in [2.45, 2.75) is 51.2 Å². The standard InChI is InChI=1S/C24H23F4NO2/c1-13-3-5-15(6-4-13)16-11-18(14(2)19(25)12-16)20-21(30)23(29-22(20)31)9-7-17(8-10-23)24(26,27)28/h3-6,11-12,17,30H,7-10H2,1-2H3,(H,29,31). The zero-order valence-electron chi connectivity index (χ0n) is 17.2. The van der Waals surface area contributed by atoms with Gasteiger partial charge in [-0.25, -0.2) is 4.39 Å². The molecule has 164 valence electrons. The first-order chi connectivity index (χ1) is 14.5. The van der Waals surface area contributed by atoms with E-state index in [0.29, 0.717) is 5.56 Å². The van der Waals surface area contributed by atoms with Crippen LogP contribution in [0.3, 0.4) is 0 Å². The Morgan fingerprint density at radius 3 is 2.23 bits per heavy atom. The average Bonchev–Trinajstić information content (AvgIpc) is 2.94. The molecule has 1 amide bonds.